The van der Waals surface area contributed by atoms with Crippen LogP contribution in [0.3, 0.4) is 0 Å². The van der Waals surface area contributed by atoms with Crippen LogP contribution in [0, 0.1) is 10.1 Å². The molecule has 0 radical (unpaired) electrons. The fraction of sp³-hybridized carbons (Fsp3) is 0.250. The van der Waals surface area contributed by atoms with E-state index in [2.05, 4.69) is 9.72 Å². The van der Waals surface area contributed by atoms with Crippen LogP contribution < -0.4 is 5.73 Å². The summed E-state index contributed by atoms with van der Waals surface area (Å²) < 4.78 is 4.48. The molecule has 146 valence electrons. The average molecular weight is 418 g/mol. The first-order valence-electron chi connectivity index (χ1n) is 7.52. The smallest absolute Gasteiger partial charge is 0.320 e. The molecule has 1 atom stereocenters. The number of nitro groups is 1. The molecule has 11 heteroatoms. The van der Waals surface area contributed by atoms with E-state index < -0.39 is 22.9 Å². The number of nitrogens with one attached hydrogen (secondary N) is 1. The molecule has 1 aromatic heterocycles. The Morgan fingerprint density at radius 3 is 2.44 bits per heavy atom. The van der Waals surface area contributed by atoms with Gasteiger partial charge in [0.2, 0.25) is 0 Å². The van der Waals surface area contributed by atoms with Crippen LogP contribution in [0.2, 0.25) is 10.0 Å². The number of hydrogen-bond acceptors (Lipinski definition) is 6. The number of para-hydroxylation sites is 1. The number of aromatic amines is 1. The van der Waals surface area contributed by atoms with E-state index in [9.17, 15) is 19.7 Å². The van der Waals surface area contributed by atoms with Crippen molar-refractivity contribution in [1.29, 1.82) is 0 Å². The Labute approximate surface area is 164 Å². The summed E-state index contributed by atoms with van der Waals surface area (Å²) in [7, 11) is 0. The molecule has 1 heterocycles. The number of carbonyl (C=O) groups excluding carboxylic acids is 1. The van der Waals surface area contributed by atoms with Crippen molar-refractivity contribution in [1.82, 2.24) is 4.98 Å². The maximum Gasteiger partial charge on any atom is 0.320 e. The second-order valence-electron chi connectivity index (χ2n) is 5.18. The van der Waals surface area contributed by atoms with E-state index in [0.29, 0.717) is 16.1 Å². The van der Waals surface area contributed by atoms with Gasteiger partial charge in [0.1, 0.15) is 11.1 Å². The predicted molar refractivity (Wildman–Crippen MR) is 99.8 cm³/mol. The topological polar surface area (TPSA) is 149 Å². The summed E-state index contributed by atoms with van der Waals surface area (Å²) in [5.41, 5.74) is 5.95. The number of esters is 1. The van der Waals surface area contributed by atoms with Gasteiger partial charge in [-0.15, -0.1) is 0 Å². The third kappa shape index (κ3) is 6.89. The van der Waals surface area contributed by atoms with Crippen molar-refractivity contribution in [3.63, 3.8) is 0 Å². The minimum Gasteiger partial charge on any atom is -0.480 e. The molecular formula is C16H17Cl2N3O6. The minimum atomic E-state index is -1.09. The molecule has 2 aromatic rings. The van der Waals surface area contributed by atoms with Crippen LogP contribution in [0.5, 0.6) is 0 Å². The van der Waals surface area contributed by atoms with E-state index in [4.69, 9.17) is 34.0 Å². The SMILES string of the molecule is CC(=O)OCCC(N)C(=O)O.O=[N+]([O-])c1c(Cl)cccc1-c1c[nH]cc1Cl. The van der Waals surface area contributed by atoms with Crippen molar-refractivity contribution >= 4 is 40.8 Å². The third-order valence-electron chi connectivity index (χ3n) is 3.21. The first-order chi connectivity index (χ1) is 12.6. The summed E-state index contributed by atoms with van der Waals surface area (Å²) in [5, 5.41) is 19.7. The lowest BCUT2D eigenvalue weighted by molar-refractivity contribution is -0.384. The van der Waals surface area contributed by atoms with Crippen LogP contribution >= 0.6 is 23.2 Å². The Hall–Kier alpha value is -2.62. The van der Waals surface area contributed by atoms with Gasteiger partial charge in [0.05, 0.1) is 22.1 Å². The van der Waals surface area contributed by atoms with Crippen LogP contribution in [0.15, 0.2) is 30.6 Å². The van der Waals surface area contributed by atoms with Gasteiger partial charge in [-0.3, -0.25) is 19.7 Å². The highest BCUT2D eigenvalue weighted by Gasteiger charge is 2.21. The van der Waals surface area contributed by atoms with Crippen molar-refractivity contribution in [3.8, 4) is 11.1 Å². The Kier molecular flexibility index (Phi) is 8.73. The molecule has 0 bridgehead atoms. The van der Waals surface area contributed by atoms with Gasteiger partial charge in [-0.2, -0.15) is 0 Å². The van der Waals surface area contributed by atoms with Crippen LogP contribution in [-0.2, 0) is 14.3 Å². The van der Waals surface area contributed by atoms with Crippen LogP contribution in [-0.4, -0.2) is 39.6 Å². The summed E-state index contributed by atoms with van der Waals surface area (Å²) in [6, 6.07) is 3.78. The number of aromatic nitrogens is 1. The summed E-state index contributed by atoms with van der Waals surface area (Å²) in [6.07, 6.45) is 3.30. The van der Waals surface area contributed by atoms with Gasteiger partial charge in [0.25, 0.3) is 5.69 Å². The maximum absolute atomic E-state index is 10.9. The Bertz CT molecular complexity index is 824. The molecule has 0 aliphatic rings. The molecule has 1 aromatic carbocycles. The molecule has 0 saturated carbocycles. The molecule has 4 N–H and O–H groups in total. The van der Waals surface area contributed by atoms with Crippen molar-refractivity contribution < 1.29 is 24.4 Å². The second kappa shape index (κ2) is 10.5. The van der Waals surface area contributed by atoms with Crippen LogP contribution in [0.1, 0.15) is 13.3 Å². The number of nitrogens with two attached hydrogens (primary N) is 1. The van der Waals surface area contributed by atoms with Crippen molar-refractivity contribution in [2.75, 3.05) is 6.61 Å². The van der Waals surface area contributed by atoms with E-state index in [1.54, 1.807) is 24.5 Å². The molecule has 27 heavy (non-hydrogen) atoms. The number of hydrogen-bond donors (Lipinski definition) is 3. The number of carboxylic acid groups (broad SMARTS) is 1. The highest BCUT2D eigenvalue weighted by molar-refractivity contribution is 6.35. The Morgan fingerprint density at radius 1 is 1.30 bits per heavy atom. The van der Waals surface area contributed by atoms with E-state index in [1.807, 2.05) is 0 Å². The monoisotopic (exact) mass is 417 g/mol. The van der Waals surface area contributed by atoms with E-state index in [-0.39, 0.29) is 23.7 Å². The molecule has 0 aliphatic carbocycles. The molecule has 9 nitrogen and oxygen atoms in total. The van der Waals surface area contributed by atoms with Gasteiger partial charge >= 0.3 is 11.9 Å². The fourth-order valence-corrected chi connectivity index (χ4v) is 2.39. The maximum atomic E-state index is 10.9. The first-order valence-corrected chi connectivity index (χ1v) is 8.28. The lowest BCUT2D eigenvalue weighted by atomic mass is 10.1. The second-order valence-corrected chi connectivity index (χ2v) is 6.00. The predicted octanol–water partition coefficient (Wildman–Crippen LogP) is 3.25. The van der Waals surface area contributed by atoms with Crippen molar-refractivity contribution in [2.45, 2.75) is 19.4 Å². The minimum absolute atomic E-state index is 0.0583. The Morgan fingerprint density at radius 2 is 1.96 bits per heavy atom. The van der Waals surface area contributed by atoms with E-state index in [1.165, 1.54) is 13.0 Å². The number of H-pyrrole nitrogens is 1. The van der Waals surface area contributed by atoms with Gasteiger partial charge in [0, 0.05) is 31.3 Å². The molecule has 0 fully saturated rings. The number of halogens is 2. The summed E-state index contributed by atoms with van der Waals surface area (Å²) >= 11 is 11.7. The number of rotatable bonds is 6. The summed E-state index contributed by atoms with van der Waals surface area (Å²) in [4.78, 5) is 33.5. The highest BCUT2D eigenvalue weighted by atomic mass is 35.5. The van der Waals surface area contributed by atoms with E-state index in [0.717, 1.165) is 0 Å². The lowest BCUT2D eigenvalue weighted by Crippen LogP contribution is -2.31. The molecule has 0 amide bonds. The quantitative estimate of drug-likeness (QED) is 0.370. The van der Waals surface area contributed by atoms with Gasteiger partial charge in [-0.05, 0) is 12.1 Å². The zero-order valence-electron chi connectivity index (χ0n) is 14.1. The molecule has 0 saturated heterocycles. The Balaban J connectivity index is 0.000000293. The van der Waals surface area contributed by atoms with Crippen molar-refractivity contribution in [2.24, 2.45) is 5.73 Å². The number of aliphatic carboxylic acids is 1. The largest absolute Gasteiger partial charge is 0.480 e. The first kappa shape index (κ1) is 22.4. The van der Waals surface area contributed by atoms with Crippen molar-refractivity contribution in [3.05, 3.63) is 50.8 Å². The molecular weight excluding hydrogens is 401 g/mol. The number of benzene rings is 1. The number of carbonyl (C=O) groups is 2. The summed E-state index contributed by atoms with van der Waals surface area (Å²) in [6.45, 7) is 1.31. The lowest BCUT2D eigenvalue weighted by Gasteiger charge is -2.04. The molecule has 0 spiro atoms. The number of carboxylic acids is 1. The summed E-state index contributed by atoms with van der Waals surface area (Å²) in [5.74, 6) is -1.51. The van der Waals surface area contributed by atoms with Gasteiger partial charge < -0.3 is 20.6 Å². The van der Waals surface area contributed by atoms with Crippen LogP contribution in [0.25, 0.3) is 11.1 Å². The standard InChI is InChI=1S/C10H6Cl2N2O2.C6H11NO4/c11-8-3-1-2-6(10(8)14(15)16)7-4-13-5-9(7)12;1-4(8)11-3-2-5(7)6(9)10/h1-5,13H;5H,2-3,7H2,1H3,(H,9,10). The normalized spacial score (nSPS) is 11.1. The van der Waals surface area contributed by atoms with Gasteiger partial charge in [-0.1, -0.05) is 29.3 Å². The van der Waals surface area contributed by atoms with Gasteiger partial charge in [-0.25, -0.2) is 0 Å². The zero-order chi connectivity index (χ0) is 20.6. The number of nitrogens with zero attached hydrogens (tertiary/aromatic N) is 1. The average Bonchev–Trinajstić information content (AvgIpc) is 3.00. The van der Waals surface area contributed by atoms with Crippen LogP contribution in [0.4, 0.5) is 5.69 Å². The number of ether oxygens (including phenoxy) is 1. The molecule has 1 unspecified atom stereocenters. The number of nitro benzene ring substituents is 1. The molecule has 2 rings (SSSR count). The van der Waals surface area contributed by atoms with E-state index >= 15 is 0 Å². The van der Waals surface area contributed by atoms with Gasteiger partial charge in [0.15, 0.2) is 0 Å². The zero-order valence-corrected chi connectivity index (χ0v) is 15.7. The highest BCUT2D eigenvalue weighted by Crippen LogP contribution is 2.38. The third-order valence-corrected chi connectivity index (χ3v) is 3.82. The molecule has 0 aliphatic heterocycles. The fourth-order valence-electron chi connectivity index (χ4n) is 1.92.